The van der Waals surface area contributed by atoms with Crippen molar-refractivity contribution >= 4 is 23.6 Å². The molecule has 3 N–H and O–H groups in total. The Morgan fingerprint density at radius 1 is 1.30 bits per heavy atom. The minimum atomic E-state index is -1.05. The van der Waals surface area contributed by atoms with Gasteiger partial charge in [-0.15, -0.1) is 0 Å². The molecule has 7 heteroatoms. The Morgan fingerprint density at radius 3 is 2.85 bits per heavy atom. The summed E-state index contributed by atoms with van der Waals surface area (Å²) >= 11 is 0. The van der Waals surface area contributed by atoms with Crippen LogP contribution in [0.5, 0.6) is 0 Å². The number of carboxylic acid groups (broad SMARTS) is 1. The van der Waals surface area contributed by atoms with Crippen molar-refractivity contribution in [2.24, 2.45) is 0 Å². The summed E-state index contributed by atoms with van der Waals surface area (Å²) < 4.78 is 0. The van der Waals surface area contributed by atoms with Crippen molar-refractivity contribution in [2.75, 3.05) is 25.0 Å². The van der Waals surface area contributed by atoms with E-state index in [1.54, 1.807) is 12.1 Å². The van der Waals surface area contributed by atoms with Gasteiger partial charge in [-0.1, -0.05) is 6.07 Å². The van der Waals surface area contributed by atoms with Gasteiger partial charge in [-0.2, -0.15) is 0 Å². The molecule has 0 spiro atoms. The molecule has 3 amide bonds. The van der Waals surface area contributed by atoms with Crippen LogP contribution in [0.4, 0.5) is 10.5 Å². The summed E-state index contributed by atoms with van der Waals surface area (Å²) in [7, 11) is 0. The van der Waals surface area contributed by atoms with Gasteiger partial charge in [0.1, 0.15) is 0 Å². The number of carbonyl (C=O) groups is 3. The number of hydrogen-bond donors (Lipinski definition) is 3. The summed E-state index contributed by atoms with van der Waals surface area (Å²) in [5.41, 5.74) is 0.522. The van der Waals surface area contributed by atoms with E-state index < -0.39 is 5.97 Å². The number of rotatable bonds is 2. The van der Waals surface area contributed by atoms with Crippen molar-refractivity contribution in [3.05, 3.63) is 29.8 Å². The van der Waals surface area contributed by atoms with Gasteiger partial charge in [0.25, 0.3) is 0 Å². The van der Waals surface area contributed by atoms with Crippen LogP contribution in [0, 0.1) is 0 Å². The van der Waals surface area contributed by atoms with Crippen molar-refractivity contribution in [3.63, 3.8) is 0 Å². The fraction of sp³-hybridized carbons (Fsp3) is 0.308. The molecule has 7 nitrogen and oxygen atoms in total. The van der Waals surface area contributed by atoms with Gasteiger partial charge in [-0.05, 0) is 18.2 Å². The van der Waals surface area contributed by atoms with E-state index in [1.165, 1.54) is 17.0 Å². The molecule has 1 fully saturated rings. The monoisotopic (exact) mass is 277 g/mol. The molecule has 0 aliphatic carbocycles. The van der Waals surface area contributed by atoms with Gasteiger partial charge in [0, 0.05) is 31.7 Å². The van der Waals surface area contributed by atoms with Crippen LogP contribution in [0.25, 0.3) is 0 Å². The molecule has 2 rings (SSSR count). The minimum Gasteiger partial charge on any atom is -0.478 e. The lowest BCUT2D eigenvalue weighted by Gasteiger charge is -2.20. The molecule has 0 saturated carbocycles. The standard InChI is InChI=1S/C13H15N3O4/c17-11-4-6-16(7-5-14-11)13(20)15-10-3-1-2-9(8-10)12(18)19/h1-3,8H,4-7H2,(H,14,17)(H,15,20)(H,18,19). The zero-order chi connectivity index (χ0) is 14.5. The number of aromatic carboxylic acids is 1. The fourth-order valence-electron chi connectivity index (χ4n) is 1.90. The third kappa shape index (κ3) is 3.47. The Balaban J connectivity index is 2.02. The predicted molar refractivity (Wildman–Crippen MR) is 71.6 cm³/mol. The zero-order valence-electron chi connectivity index (χ0n) is 10.8. The van der Waals surface area contributed by atoms with Gasteiger partial charge in [0.15, 0.2) is 0 Å². The third-order valence-corrected chi connectivity index (χ3v) is 2.96. The van der Waals surface area contributed by atoms with Gasteiger partial charge in [0.05, 0.1) is 5.56 Å². The van der Waals surface area contributed by atoms with Crippen LogP contribution >= 0.6 is 0 Å². The second kappa shape index (κ2) is 6.05. The van der Waals surface area contributed by atoms with E-state index in [2.05, 4.69) is 10.6 Å². The summed E-state index contributed by atoms with van der Waals surface area (Å²) in [5.74, 6) is -1.13. The van der Waals surface area contributed by atoms with E-state index in [1.807, 2.05) is 0 Å². The number of nitrogens with zero attached hydrogens (tertiary/aromatic N) is 1. The van der Waals surface area contributed by atoms with E-state index in [4.69, 9.17) is 5.11 Å². The van der Waals surface area contributed by atoms with Gasteiger partial charge < -0.3 is 20.6 Å². The van der Waals surface area contributed by atoms with Crippen molar-refractivity contribution in [2.45, 2.75) is 6.42 Å². The van der Waals surface area contributed by atoms with Crippen molar-refractivity contribution in [3.8, 4) is 0 Å². The molecule has 1 saturated heterocycles. The highest BCUT2D eigenvalue weighted by Crippen LogP contribution is 2.12. The summed E-state index contributed by atoms with van der Waals surface area (Å²) in [5, 5.41) is 14.2. The van der Waals surface area contributed by atoms with Gasteiger partial charge in [-0.25, -0.2) is 9.59 Å². The lowest BCUT2D eigenvalue weighted by Crippen LogP contribution is -2.37. The second-order valence-electron chi connectivity index (χ2n) is 4.40. The first-order valence-corrected chi connectivity index (χ1v) is 6.22. The summed E-state index contributed by atoms with van der Waals surface area (Å²) in [6, 6.07) is 5.68. The minimum absolute atomic E-state index is 0.0758. The van der Waals surface area contributed by atoms with E-state index >= 15 is 0 Å². The number of benzene rings is 1. The second-order valence-corrected chi connectivity index (χ2v) is 4.40. The molecule has 1 aliphatic rings. The molecule has 1 aromatic carbocycles. The molecule has 1 aliphatic heterocycles. The molecule has 0 bridgehead atoms. The van der Waals surface area contributed by atoms with Crippen LogP contribution in [0.1, 0.15) is 16.8 Å². The topological polar surface area (TPSA) is 98.7 Å². The molecule has 1 aromatic rings. The average Bonchev–Trinajstić information content (AvgIpc) is 2.64. The number of carboxylic acids is 1. The number of hydrogen-bond acceptors (Lipinski definition) is 3. The number of amides is 3. The van der Waals surface area contributed by atoms with E-state index in [9.17, 15) is 14.4 Å². The Morgan fingerprint density at radius 2 is 2.10 bits per heavy atom. The summed E-state index contributed by atoms with van der Waals surface area (Å²) in [4.78, 5) is 35.6. The molecular weight excluding hydrogens is 262 g/mol. The van der Waals surface area contributed by atoms with Gasteiger partial charge in [0.2, 0.25) is 5.91 Å². The van der Waals surface area contributed by atoms with Gasteiger partial charge in [-0.3, -0.25) is 4.79 Å². The Labute approximate surface area is 115 Å². The zero-order valence-corrected chi connectivity index (χ0v) is 10.8. The van der Waals surface area contributed by atoms with E-state index in [0.29, 0.717) is 25.3 Å². The number of nitrogens with one attached hydrogen (secondary N) is 2. The van der Waals surface area contributed by atoms with Gasteiger partial charge >= 0.3 is 12.0 Å². The van der Waals surface area contributed by atoms with Crippen molar-refractivity contribution < 1.29 is 19.5 Å². The normalized spacial score (nSPS) is 15.2. The SMILES string of the molecule is O=C1CCN(C(=O)Nc2cccc(C(=O)O)c2)CCN1. The quantitative estimate of drug-likeness (QED) is 0.742. The van der Waals surface area contributed by atoms with Crippen LogP contribution in [-0.4, -0.2) is 47.5 Å². The van der Waals surface area contributed by atoms with E-state index in [0.717, 1.165) is 0 Å². The molecule has 106 valence electrons. The maximum absolute atomic E-state index is 12.0. The maximum atomic E-state index is 12.0. The molecule has 0 atom stereocenters. The van der Waals surface area contributed by atoms with Crippen LogP contribution in [0.2, 0.25) is 0 Å². The van der Waals surface area contributed by atoms with Crippen molar-refractivity contribution in [1.29, 1.82) is 0 Å². The first-order valence-electron chi connectivity index (χ1n) is 6.22. The van der Waals surface area contributed by atoms with E-state index in [-0.39, 0.29) is 23.9 Å². The molecule has 0 aromatic heterocycles. The van der Waals surface area contributed by atoms with Crippen molar-refractivity contribution in [1.82, 2.24) is 10.2 Å². The molecule has 0 unspecified atom stereocenters. The summed E-state index contributed by atoms with van der Waals surface area (Å²) in [6.07, 6.45) is 0.266. The highest BCUT2D eigenvalue weighted by atomic mass is 16.4. The highest BCUT2D eigenvalue weighted by Gasteiger charge is 2.18. The Hall–Kier alpha value is -2.57. The average molecular weight is 277 g/mol. The first-order chi connectivity index (χ1) is 9.56. The fourth-order valence-corrected chi connectivity index (χ4v) is 1.90. The van der Waals surface area contributed by atoms with Crippen LogP contribution < -0.4 is 10.6 Å². The predicted octanol–water partition coefficient (Wildman–Crippen LogP) is 0.739. The number of carbonyl (C=O) groups excluding carboxylic acids is 2. The largest absolute Gasteiger partial charge is 0.478 e. The lowest BCUT2D eigenvalue weighted by atomic mass is 10.2. The van der Waals surface area contributed by atoms with Crippen LogP contribution in [-0.2, 0) is 4.79 Å². The Kier molecular flexibility index (Phi) is 4.19. The van der Waals surface area contributed by atoms with Crippen LogP contribution in [0.3, 0.4) is 0 Å². The lowest BCUT2D eigenvalue weighted by molar-refractivity contribution is -0.120. The van der Waals surface area contributed by atoms with Crippen LogP contribution in [0.15, 0.2) is 24.3 Å². The third-order valence-electron chi connectivity index (χ3n) is 2.96. The first kappa shape index (κ1) is 13.9. The summed E-state index contributed by atoms with van der Waals surface area (Å²) in [6.45, 7) is 1.19. The molecule has 20 heavy (non-hydrogen) atoms. The Bertz CT molecular complexity index is 544. The smallest absolute Gasteiger partial charge is 0.335 e. The molecule has 0 radical (unpaired) electrons. The number of anilines is 1. The molecular formula is C13H15N3O4. The number of urea groups is 1. The highest BCUT2D eigenvalue weighted by molar-refractivity contribution is 5.93. The maximum Gasteiger partial charge on any atom is 0.335 e. The molecule has 1 heterocycles.